The van der Waals surface area contributed by atoms with Crippen LogP contribution in [0.15, 0.2) is 24.3 Å². The van der Waals surface area contributed by atoms with Crippen LogP contribution in [0.25, 0.3) is 0 Å². The molecule has 1 atom stereocenters. The summed E-state index contributed by atoms with van der Waals surface area (Å²) in [7, 11) is 0. The molecular formula is C17H29NO. The molecule has 19 heavy (non-hydrogen) atoms. The van der Waals surface area contributed by atoms with Crippen LogP contribution in [0, 0.1) is 6.92 Å². The van der Waals surface area contributed by atoms with Crippen LogP contribution < -0.4 is 5.32 Å². The SMILES string of the molecule is CCCCCCOC(CNCC)c1ccccc1C. The highest BCUT2D eigenvalue weighted by Crippen LogP contribution is 2.21. The van der Waals surface area contributed by atoms with Crippen LogP contribution in [0.3, 0.4) is 0 Å². The fourth-order valence-corrected chi connectivity index (χ4v) is 2.24. The van der Waals surface area contributed by atoms with E-state index in [0.717, 1.165) is 19.7 Å². The summed E-state index contributed by atoms with van der Waals surface area (Å²) in [6.45, 7) is 9.29. The maximum Gasteiger partial charge on any atom is 0.0951 e. The van der Waals surface area contributed by atoms with Crippen LogP contribution in [-0.4, -0.2) is 19.7 Å². The Balaban J connectivity index is 2.49. The number of likely N-dealkylation sites (N-methyl/N-ethyl adjacent to an activating group) is 1. The summed E-state index contributed by atoms with van der Waals surface area (Å²) in [4.78, 5) is 0. The Bertz CT molecular complexity index is 338. The van der Waals surface area contributed by atoms with Gasteiger partial charge in [0.2, 0.25) is 0 Å². The largest absolute Gasteiger partial charge is 0.372 e. The molecule has 1 rings (SSSR count). The number of hydrogen-bond donors (Lipinski definition) is 1. The van der Waals surface area contributed by atoms with Gasteiger partial charge in [-0.15, -0.1) is 0 Å². The smallest absolute Gasteiger partial charge is 0.0951 e. The highest BCUT2D eigenvalue weighted by atomic mass is 16.5. The van der Waals surface area contributed by atoms with Gasteiger partial charge in [0.25, 0.3) is 0 Å². The third-order valence-electron chi connectivity index (χ3n) is 3.43. The second kappa shape index (κ2) is 9.99. The van der Waals surface area contributed by atoms with Crippen LogP contribution in [0.5, 0.6) is 0 Å². The molecule has 0 fully saturated rings. The van der Waals surface area contributed by atoms with E-state index < -0.39 is 0 Å². The third kappa shape index (κ3) is 6.22. The van der Waals surface area contributed by atoms with Gasteiger partial charge in [-0.3, -0.25) is 0 Å². The summed E-state index contributed by atoms with van der Waals surface area (Å²) in [6, 6.07) is 8.53. The Morgan fingerprint density at radius 1 is 1.11 bits per heavy atom. The first-order chi connectivity index (χ1) is 9.29. The molecule has 2 heteroatoms. The quantitative estimate of drug-likeness (QED) is 0.637. The van der Waals surface area contributed by atoms with Crippen LogP contribution in [0.4, 0.5) is 0 Å². The van der Waals surface area contributed by atoms with Gasteiger partial charge >= 0.3 is 0 Å². The van der Waals surface area contributed by atoms with E-state index in [-0.39, 0.29) is 6.10 Å². The lowest BCUT2D eigenvalue weighted by atomic mass is 10.0. The minimum atomic E-state index is 0.183. The van der Waals surface area contributed by atoms with Gasteiger partial charge in [0.05, 0.1) is 6.10 Å². The minimum absolute atomic E-state index is 0.183. The van der Waals surface area contributed by atoms with E-state index in [1.807, 2.05) is 0 Å². The number of aryl methyl sites for hydroxylation is 1. The number of benzene rings is 1. The number of rotatable bonds is 10. The Kier molecular flexibility index (Phi) is 8.52. The van der Waals surface area contributed by atoms with Crippen LogP contribution in [-0.2, 0) is 4.74 Å². The van der Waals surface area contributed by atoms with Crippen molar-refractivity contribution >= 4 is 0 Å². The highest BCUT2D eigenvalue weighted by molar-refractivity contribution is 5.28. The normalized spacial score (nSPS) is 12.6. The van der Waals surface area contributed by atoms with E-state index in [2.05, 4.69) is 50.4 Å². The van der Waals surface area contributed by atoms with Crippen molar-refractivity contribution in [3.63, 3.8) is 0 Å². The molecule has 0 aliphatic rings. The lowest BCUT2D eigenvalue weighted by Gasteiger charge is -2.20. The molecule has 0 spiro atoms. The van der Waals surface area contributed by atoms with Crippen molar-refractivity contribution < 1.29 is 4.74 Å². The lowest BCUT2D eigenvalue weighted by Crippen LogP contribution is -2.24. The van der Waals surface area contributed by atoms with Gasteiger partial charge in [-0.05, 0) is 31.0 Å². The molecule has 0 bridgehead atoms. The van der Waals surface area contributed by atoms with Crippen molar-refractivity contribution in [3.05, 3.63) is 35.4 Å². The monoisotopic (exact) mass is 263 g/mol. The van der Waals surface area contributed by atoms with Gasteiger partial charge in [0.15, 0.2) is 0 Å². The molecule has 0 amide bonds. The highest BCUT2D eigenvalue weighted by Gasteiger charge is 2.13. The summed E-state index contributed by atoms with van der Waals surface area (Å²) < 4.78 is 6.10. The van der Waals surface area contributed by atoms with Crippen molar-refractivity contribution in [2.24, 2.45) is 0 Å². The summed E-state index contributed by atoms with van der Waals surface area (Å²) in [5.41, 5.74) is 2.64. The van der Waals surface area contributed by atoms with E-state index >= 15 is 0 Å². The minimum Gasteiger partial charge on any atom is -0.372 e. The average molecular weight is 263 g/mol. The van der Waals surface area contributed by atoms with E-state index in [4.69, 9.17) is 4.74 Å². The molecule has 1 aromatic carbocycles. The maximum absolute atomic E-state index is 6.10. The van der Waals surface area contributed by atoms with Crippen molar-refractivity contribution in [1.29, 1.82) is 0 Å². The van der Waals surface area contributed by atoms with Gasteiger partial charge in [-0.1, -0.05) is 57.4 Å². The summed E-state index contributed by atoms with van der Waals surface area (Å²) in [5.74, 6) is 0. The molecule has 0 aliphatic heterocycles. The number of nitrogens with one attached hydrogen (secondary N) is 1. The fraction of sp³-hybridized carbons (Fsp3) is 0.647. The van der Waals surface area contributed by atoms with Gasteiger partial charge in [-0.25, -0.2) is 0 Å². The molecule has 0 saturated heterocycles. The first kappa shape index (κ1) is 16.2. The summed E-state index contributed by atoms with van der Waals surface area (Å²) >= 11 is 0. The van der Waals surface area contributed by atoms with Crippen molar-refractivity contribution in [1.82, 2.24) is 5.32 Å². The zero-order valence-electron chi connectivity index (χ0n) is 12.7. The topological polar surface area (TPSA) is 21.3 Å². The fourth-order valence-electron chi connectivity index (χ4n) is 2.24. The average Bonchev–Trinajstić information content (AvgIpc) is 2.43. The van der Waals surface area contributed by atoms with Gasteiger partial charge in [0, 0.05) is 13.2 Å². The number of unbranched alkanes of at least 4 members (excludes halogenated alkanes) is 3. The Hall–Kier alpha value is -0.860. The first-order valence-corrected chi connectivity index (χ1v) is 7.67. The van der Waals surface area contributed by atoms with Crippen LogP contribution in [0.2, 0.25) is 0 Å². The molecule has 0 aliphatic carbocycles. The Morgan fingerprint density at radius 3 is 2.58 bits per heavy atom. The molecule has 1 N–H and O–H groups in total. The zero-order valence-corrected chi connectivity index (χ0v) is 12.7. The van der Waals surface area contributed by atoms with Gasteiger partial charge in [0.1, 0.15) is 0 Å². The third-order valence-corrected chi connectivity index (χ3v) is 3.43. The second-order valence-electron chi connectivity index (χ2n) is 5.08. The number of ether oxygens (including phenoxy) is 1. The first-order valence-electron chi connectivity index (χ1n) is 7.67. The molecule has 2 nitrogen and oxygen atoms in total. The predicted octanol–water partition coefficient (Wildman–Crippen LogP) is 4.24. The molecule has 0 radical (unpaired) electrons. The standard InChI is InChI=1S/C17H29NO/c1-4-6-7-10-13-19-17(14-18-5-2)16-12-9-8-11-15(16)3/h8-9,11-12,17-18H,4-7,10,13-14H2,1-3H3. The number of hydrogen-bond acceptors (Lipinski definition) is 2. The van der Waals surface area contributed by atoms with Crippen molar-refractivity contribution in [2.75, 3.05) is 19.7 Å². The summed E-state index contributed by atoms with van der Waals surface area (Å²) in [5, 5.41) is 3.40. The molecular weight excluding hydrogens is 234 g/mol. The van der Waals surface area contributed by atoms with Gasteiger partial charge < -0.3 is 10.1 Å². The summed E-state index contributed by atoms with van der Waals surface area (Å²) in [6.07, 6.45) is 5.22. The van der Waals surface area contributed by atoms with Crippen molar-refractivity contribution in [3.8, 4) is 0 Å². The van der Waals surface area contributed by atoms with E-state index in [1.165, 1.54) is 36.8 Å². The van der Waals surface area contributed by atoms with E-state index in [0.29, 0.717) is 0 Å². The lowest BCUT2D eigenvalue weighted by molar-refractivity contribution is 0.0498. The Morgan fingerprint density at radius 2 is 1.89 bits per heavy atom. The molecule has 0 heterocycles. The predicted molar refractivity (Wildman–Crippen MR) is 82.6 cm³/mol. The molecule has 108 valence electrons. The van der Waals surface area contributed by atoms with E-state index in [1.54, 1.807) is 0 Å². The van der Waals surface area contributed by atoms with E-state index in [9.17, 15) is 0 Å². The second-order valence-corrected chi connectivity index (χ2v) is 5.08. The van der Waals surface area contributed by atoms with Crippen LogP contribution >= 0.6 is 0 Å². The van der Waals surface area contributed by atoms with Gasteiger partial charge in [-0.2, -0.15) is 0 Å². The maximum atomic E-state index is 6.10. The molecule has 1 aromatic rings. The zero-order chi connectivity index (χ0) is 13.9. The van der Waals surface area contributed by atoms with Crippen LogP contribution in [0.1, 0.15) is 56.8 Å². The molecule has 1 unspecified atom stereocenters. The van der Waals surface area contributed by atoms with Crippen molar-refractivity contribution in [2.45, 2.75) is 52.6 Å². The molecule has 0 saturated carbocycles. The molecule has 0 aromatic heterocycles. The Labute approximate surface area is 118 Å².